The Kier molecular flexibility index (Phi) is 2.83. The van der Waals surface area contributed by atoms with Gasteiger partial charge in [-0.3, -0.25) is 4.79 Å². The molecule has 2 heteroatoms. The molecule has 86 valence electrons. The molecule has 0 amide bonds. The maximum absolute atomic E-state index is 14.6. The van der Waals surface area contributed by atoms with Gasteiger partial charge in [0.05, 0.1) is 0 Å². The van der Waals surface area contributed by atoms with E-state index < -0.39 is 5.67 Å². The molecule has 0 N–H and O–H groups in total. The maximum Gasteiger partial charge on any atom is 0.159 e. The first-order chi connectivity index (χ1) is 7.51. The van der Waals surface area contributed by atoms with Crippen molar-refractivity contribution >= 4 is 5.78 Å². The lowest BCUT2D eigenvalue weighted by Gasteiger charge is -2.37. The van der Waals surface area contributed by atoms with Crippen molar-refractivity contribution in [2.24, 2.45) is 5.92 Å². The smallest absolute Gasteiger partial charge is 0.159 e. The molecule has 0 aromatic heterocycles. The number of alkyl halides is 1. The Morgan fingerprint density at radius 3 is 2.62 bits per heavy atom. The third kappa shape index (κ3) is 1.89. The van der Waals surface area contributed by atoms with Crippen LogP contribution in [0.2, 0.25) is 0 Å². The molecule has 1 atom stereocenters. The third-order valence-corrected chi connectivity index (χ3v) is 3.71. The monoisotopic (exact) mass is 220 g/mol. The summed E-state index contributed by atoms with van der Waals surface area (Å²) >= 11 is 0. The predicted octanol–water partition coefficient (Wildman–Crippen LogP) is 3.87. The van der Waals surface area contributed by atoms with Gasteiger partial charge < -0.3 is 0 Å². The van der Waals surface area contributed by atoms with E-state index in [1.807, 2.05) is 0 Å². The lowest BCUT2D eigenvalue weighted by molar-refractivity contribution is 0.0463. The summed E-state index contributed by atoms with van der Waals surface area (Å²) in [5, 5.41) is 0. The predicted molar refractivity (Wildman–Crippen MR) is 62.2 cm³/mol. The van der Waals surface area contributed by atoms with Crippen molar-refractivity contribution in [3.05, 3.63) is 35.4 Å². The number of halogens is 1. The summed E-state index contributed by atoms with van der Waals surface area (Å²) in [5.41, 5.74) is -0.0467. The molecule has 16 heavy (non-hydrogen) atoms. The van der Waals surface area contributed by atoms with Gasteiger partial charge in [-0.05, 0) is 44.2 Å². The summed E-state index contributed by atoms with van der Waals surface area (Å²) in [4.78, 5) is 11.3. The molecule has 1 saturated carbocycles. The van der Waals surface area contributed by atoms with Crippen molar-refractivity contribution < 1.29 is 9.18 Å². The highest BCUT2D eigenvalue weighted by Gasteiger charge is 2.39. The van der Waals surface area contributed by atoms with Gasteiger partial charge in [-0.25, -0.2) is 4.39 Å². The Hall–Kier alpha value is -1.18. The lowest BCUT2D eigenvalue weighted by Crippen LogP contribution is -2.32. The first kappa shape index (κ1) is 11.3. The van der Waals surface area contributed by atoms with Crippen molar-refractivity contribution in [3.8, 4) is 0 Å². The summed E-state index contributed by atoms with van der Waals surface area (Å²) in [6.45, 7) is 3.15. The Bertz CT molecular complexity index is 405. The fourth-order valence-electron chi connectivity index (χ4n) is 2.23. The molecule has 1 aromatic rings. The summed E-state index contributed by atoms with van der Waals surface area (Å²) in [7, 11) is 0. The Labute approximate surface area is 95.7 Å². The van der Waals surface area contributed by atoms with Gasteiger partial charge in [0.2, 0.25) is 0 Å². The van der Waals surface area contributed by atoms with Crippen molar-refractivity contribution in [2.45, 2.75) is 38.8 Å². The van der Waals surface area contributed by atoms with E-state index >= 15 is 0 Å². The van der Waals surface area contributed by atoms with Gasteiger partial charge in [-0.2, -0.15) is 0 Å². The van der Waals surface area contributed by atoms with Crippen LogP contribution in [0.1, 0.15) is 49.0 Å². The van der Waals surface area contributed by atoms with Gasteiger partial charge in [-0.15, -0.1) is 0 Å². The molecule has 1 aliphatic rings. The van der Waals surface area contributed by atoms with Crippen molar-refractivity contribution in [1.29, 1.82) is 0 Å². The van der Waals surface area contributed by atoms with E-state index in [0.717, 1.165) is 19.3 Å². The normalized spacial score (nSPS) is 19.9. The van der Waals surface area contributed by atoms with Crippen molar-refractivity contribution in [2.75, 3.05) is 0 Å². The van der Waals surface area contributed by atoms with Crippen molar-refractivity contribution in [1.82, 2.24) is 0 Å². The fourth-order valence-corrected chi connectivity index (χ4v) is 2.23. The standard InChI is InChI=1S/C14H17FO/c1-10(16)11-5-3-8-13(9-11)14(2,15)12-6-4-7-12/h3,5,8-9,12H,4,6-7H2,1-2H3. The zero-order valence-corrected chi connectivity index (χ0v) is 9.79. The van der Waals surface area contributed by atoms with E-state index in [9.17, 15) is 9.18 Å². The number of Topliss-reactive ketones (excluding diaryl/α,β-unsaturated/α-hetero) is 1. The molecule has 0 aliphatic heterocycles. The molecular weight excluding hydrogens is 203 g/mol. The second-order valence-electron chi connectivity index (χ2n) is 4.84. The Morgan fingerprint density at radius 1 is 1.44 bits per heavy atom. The summed E-state index contributed by atoms with van der Waals surface area (Å²) < 4.78 is 14.6. The number of benzene rings is 1. The molecular formula is C14H17FO. The average molecular weight is 220 g/mol. The highest BCUT2D eigenvalue weighted by atomic mass is 19.1. The minimum Gasteiger partial charge on any atom is -0.295 e. The summed E-state index contributed by atoms with van der Waals surface area (Å²) in [5.74, 6) is 0.112. The van der Waals surface area contributed by atoms with Gasteiger partial charge in [-0.1, -0.05) is 24.6 Å². The second kappa shape index (κ2) is 4.00. The Balaban J connectivity index is 2.31. The summed E-state index contributed by atoms with van der Waals surface area (Å²) in [6, 6.07) is 6.98. The van der Waals surface area contributed by atoms with Crippen LogP contribution in [0, 0.1) is 5.92 Å². The largest absolute Gasteiger partial charge is 0.295 e. The molecule has 2 rings (SSSR count). The lowest BCUT2D eigenvalue weighted by atomic mass is 9.71. The number of rotatable bonds is 3. The molecule has 0 heterocycles. The van der Waals surface area contributed by atoms with Crippen LogP contribution in [0.25, 0.3) is 0 Å². The molecule has 1 nitrogen and oxygen atoms in total. The van der Waals surface area contributed by atoms with E-state index in [1.54, 1.807) is 31.2 Å². The average Bonchev–Trinajstić information content (AvgIpc) is 2.14. The van der Waals surface area contributed by atoms with Crippen LogP contribution >= 0.6 is 0 Å². The van der Waals surface area contributed by atoms with E-state index in [0.29, 0.717) is 11.1 Å². The van der Waals surface area contributed by atoms with Gasteiger partial charge in [0.25, 0.3) is 0 Å². The number of hydrogen-bond acceptors (Lipinski definition) is 1. The number of carbonyl (C=O) groups is 1. The second-order valence-corrected chi connectivity index (χ2v) is 4.84. The molecule has 0 spiro atoms. The van der Waals surface area contributed by atoms with Crippen molar-refractivity contribution in [3.63, 3.8) is 0 Å². The molecule has 0 bridgehead atoms. The van der Waals surface area contributed by atoms with Crippen LogP contribution in [0.15, 0.2) is 24.3 Å². The minimum absolute atomic E-state index is 0.00809. The SMILES string of the molecule is CC(=O)c1cccc(C(C)(F)C2CCC2)c1. The van der Waals surface area contributed by atoms with Crippen LogP contribution in [0.3, 0.4) is 0 Å². The van der Waals surface area contributed by atoms with E-state index in [4.69, 9.17) is 0 Å². The van der Waals surface area contributed by atoms with Crippen LogP contribution in [0.5, 0.6) is 0 Å². The molecule has 1 aliphatic carbocycles. The zero-order valence-electron chi connectivity index (χ0n) is 9.79. The zero-order chi connectivity index (χ0) is 11.8. The minimum atomic E-state index is -1.29. The molecule has 1 fully saturated rings. The number of ketones is 1. The Morgan fingerprint density at radius 2 is 2.12 bits per heavy atom. The molecule has 1 aromatic carbocycles. The maximum atomic E-state index is 14.6. The number of carbonyl (C=O) groups excluding carboxylic acids is 1. The van der Waals surface area contributed by atoms with E-state index in [2.05, 4.69) is 0 Å². The number of hydrogen-bond donors (Lipinski definition) is 0. The van der Waals surface area contributed by atoms with Crippen LogP contribution in [-0.2, 0) is 5.67 Å². The van der Waals surface area contributed by atoms with Gasteiger partial charge in [0.1, 0.15) is 5.67 Å². The first-order valence-electron chi connectivity index (χ1n) is 5.82. The van der Waals surface area contributed by atoms with E-state index in [1.165, 1.54) is 6.92 Å². The third-order valence-electron chi connectivity index (χ3n) is 3.71. The molecule has 0 radical (unpaired) electrons. The van der Waals surface area contributed by atoms with Gasteiger partial charge in [0, 0.05) is 5.56 Å². The van der Waals surface area contributed by atoms with Crippen LogP contribution in [-0.4, -0.2) is 5.78 Å². The van der Waals surface area contributed by atoms with Gasteiger partial charge in [0.15, 0.2) is 5.78 Å². The van der Waals surface area contributed by atoms with E-state index in [-0.39, 0.29) is 11.7 Å². The molecule has 0 saturated heterocycles. The quantitative estimate of drug-likeness (QED) is 0.706. The highest BCUT2D eigenvalue weighted by Crippen LogP contribution is 2.45. The van der Waals surface area contributed by atoms with Crippen LogP contribution < -0.4 is 0 Å². The topological polar surface area (TPSA) is 17.1 Å². The van der Waals surface area contributed by atoms with Crippen LogP contribution in [0.4, 0.5) is 4.39 Å². The molecule has 1 unspecified atom stereocenters. The highest BCUT2D eigenvalue weighted by molar-refractivity contribution is 5.94. The fraction of sp³-hybridized carbons (Fsp3) is 0.500. The van der Waals surface area contributed by atoms with Gasteiger partial charge >= 0.3 is 0 Å². The summed E-state index contributed by atoms with van der Waals surface area (Å²) in [6.07, 6.45) is 3.03. The first-order valence-corrected chi connectivity index (χ1v) is 5.82.